The number of nitrogens with zero attached hydrogens (tertiary/aromatic N) is 6. The number of fused-ring (bicyclic) bond motifs is 1. The standard InChI is InChI=1S/C27H32FN7O/c1-5-27(3,4)35-25(30-31-32-35)24(22-17-19-8-6-7-18(2)23(19)29-26(22)36)34-15-13-33(14-16-34)21-11-9-20(28)10-12-21/h6-12,17,24H,5,13-16H2,1-4H3,(H,29,36)/t24-/m1/s1. The Morgan fingerprint density at radius 1 is 1.08 bits per heavy atom. The predicted octanol–water partition coefficient (Wildman–Crippen LogP) is 4.02. The molecule has 0 saturated carbocycles. The maximum Gasteiger partial charge on any atom is 0.253 e. The highest BCUT2D eigenvalue weighted by Gasteiger charge is 2.35. The average molecular weight is 490 g/mol. The fraction of sp³-hybridized carbons (Fsp3) is 0.407. The molecule has 2 aromatic heterocycles. The summed E-state index contributed by atoms with van der Waals surface area (Å²) < 4.78 is 15.3. The lowest BCUT2D eigenvalue weighted by Crippen LogP contribution is -2.49. The third-order valence-corrected chi connectivity index (χ3v) is 7.46. The largest absolute Gasteiger partial charge is 0.369 e. The van der Waals surface area contributed by atoms with Crippen molar-refractivity contribution < 1.29 is 4.39 Å². The summed E-state index contributed by atoms with van der Waals surface area (Å²) in [6.07, 6.45) is 0.837. The van der Waals surface area contributed by atoms with Crippen molar-refractivity contribution in [3.8, 4) is 0 Å². The Labute approximate surface area is 209 Å². The smallest absolute Gasteiger partial charge is 0.253 e. The lowest BCUT2D eigenvalue weighted by Gasteiger charge is -2.40. The first-order chi connectivity index (χ1) is 17.3. The topological polar surface area (TPSA) is 82.9 Å². The summed E-state index contributed by atoms with van der Waals surface area (Å²) in [5.74, 6) is 0.420. The first-order valence-electron chi connectivity index (χ1n) is 12.4. The number of benzene rings is 2. The molecule has 36 heavy (non-hydrogen) atoms. The Morgan fingerprint density at radius 3 is 2.50 bits per heavy atom. The number of aromatic nitrogens is 5. The summed E-state index contributed by atoms with van der Waals surface area (Å²) >= 11 is 0. The Bertz CT molecular complexity index is 1420. The van der Waals surface area contributed by atoms with Crippen molar-refractivity contribution in [2.45, 2.75) is 45.7 Å². The Balaban J connectivity index is 1.56. The normalized spacial score (nSPS) is 16.0. The first-order valence-corrected chi connectivity index (χ1v) is 12.4. The second-order valence-electron chi connectivity index (χ2n) is 10.1. The number of aromatic amines is 1. The zero-order chi connectivity index (χ0) is 25.4. The number of H-pyrrole nitrogens is 1. The van der Waals surface area contributed by atoms with Gasteiger partial charge in [-0.25, -0.2) is 9.07 Å². The summed E-state index contributed by atoms with van der Waals surface area (Å²) in [5, 5.41) is 13.8. The number of piperazine rings is 1. The first kappa shape index (κ1) is 24.1. The Kier molecular flexibility index (Phi) is 6.34. The maximum absolute atomic E-state index is 13.5. The van der Waals surface area contributed by atoms with Gasteiger partial charge in [0, 0.05) is 37.4 Å². The van der Waals surface area contributed by atoms with Crippen molar-refractivity contribution >= 4 is 16.6 Å². The number of rotatable bonds is 6. The molecule has 9 heteroatoms. The molecule has 0 aliphatic carbocycles. The van der Waals surface area contributed by atoms with E-state index in [-0.39, 0.29) is 16.9 Å². The van der Waals surface area contributed by atoms with Crippen LogP contribution in [0.1, 0.15) is 50.2 Å². The van der Waals surface area contributed by atoms with E-state index in [4.69, 9.17) is 0 Å². The van der Waals surface area contributed by atoms with Gasteiger partial charge in [0.15, 0.2) is 5.82 Å². The number of nitrogens with one attached hydrogen (secondary N) is 1. The molecule has 0 unspecified atom stereocenters. The number of pyridine rings is 1. The van der Waals surface area contributed by atoms with E-state index >= 15 is 0 Å². The summed E-state index contributed by atoms with van der Waals surface area (Å²) in [4.78, 5) is 21.1. The quantitative estimate of drug-likeness (QED) is 0.441. The summed E-state index contributed by atoms with van der Waals surface area (Å²) in [6, 6.07) is 14.2. The highest BCUT2D eigenvalue weighted by Crippen LogP contribution is 2.32. The molecule has 2 aromatic carbocycles. The van der Waals surface area contributed by atoms with Gasteiger partial charge in [0.2, 0.25) is 0 Å². The van der Waals surface area contributed by atoms with Crippen LogP contribution in [0, 0.1) is 12.7 Å². The van der Waals surface area contributed by atoms with Crippen LogP contribution in [0.2, 0.25) is 0 Å². The molecule has 0 amide bonds. The molecular formula is C27H32FN7O. The van der Waals surface area contributed by atoms with Crippen LogP contribution in [0.5, 0.6) is 0 Å². The van der Waals surface area contributed by atoms with Crippen LogP contribution in [-0.2, 0) is 5.54 Å². The van der Waals surface area contributed by atoms with Crippen LogP contribution < -0.4 is 10.5 Å². The molecule has 1 saturated heterocycles. The molecule has 0 spiro atoms. The van der Waals surface area contributed by atoms with E-state index in [0.717, 1.165) is 41.7 Å². The van der Waals surface area contributed by atoms with Crippen molar-refractivity contribution in [2.24, 2.45) is 0 Å². The van der Waals surface area contributed by atoms with Gasteiger partial charge in [0.1, 0.15) is 11.9 Å². The van der Waals surface area contributed by atoms with Gasteiger partial charge < -0.3 is 9.88 Å². The Hall–Kier alpha value is -3.59. The van der Waals surface area contributed by atoms with Crippen LogP contribution in [0.15, 0.2) is 53.3 Å². The van der Waals surface area contributed by atoms with Crippen LogP contribution in [0.3, 0.4) is 0 Å². The van der Waals surface area contributed by atoms with Gasteiger partial charge in [-0.15, -0.1) is 5.10 Å². The second kappa shape index (κ2) is 9.46. The minimum Gasteiger partial charge on any atom is -0.369 e. The molecule has 188 valence electrons. The second-order valence-corrected chi connectivity index (χ2v) is 10.1. The monoisotopic (exact) mass is 489 g/mol. The van der Waals surface area contributed by atoms with Gasteiger partial charge in [-0.1, -0.05) is 25.1 Å². The fourth-order valence-corrected chi connectivity index (χ4v) is 4.94. The van der Waals surface area contributed by atoms with Crippen molar-refractivity contribution in [1.29, 1.82) is 0 Å². The van der Waals surface area contributed by atoms with E-state index in [1.54, 1.807) is 0 Å². The number of aryl methyl sites for hydroxylation is 1. The van der Waals surface area contributed by atoms with Crippen molar-refractivity contribution in [3.63, 3.8) is 0 Å². The molecule has 4 aromatic rings. The molecule has 1 fully saturated rings. The van der Waals surface area contributed by atoms with Crippen molar-refractivity contribution in [2.75, 3.05) is 31.1 Å². The van der Waals surface area contributed by atoms with Crippen LogP contribution in [0.4, 0.5) is 10.1 Å². The van der Waals surface area contributed by atoms with Crippen LogP contribution in [0.25, 0.3) is 10.9 Å². The van der Waals surface area contributed by atoms with Crippen LogP contribution >= 0.6 is 0 Å². The zero-order valence-electron chi connectivity index (χ0n) is 21.2. The predicted molar refractivity (Wildman–Crippen MR) is 139 cm³/mol. The highest BCUT2D eigenvalue weighted by molar-refractivity contribution is 5.82. The lowest BCUT2D eigenvalue weighted by atomic mass is 9.98. The SMILES string of the molecule is CCC(C)(C)n1nnnc1[C@@H](c1cc2cccc(C)c2[nH]c1=O)N1CCN(c2ccc(F)cc2)CC1. The van der Waals surface area contributed by atoms with Gasteiger partial charge >= 0.3 is 0 Å². The van der Waals surface area contributed by atoms with E-state index in [0.29, 0.717) is 24.5 Å². The summed E-state index contributed by atoms with van der Waals surface area (Å²) in [6.45, 7) is 11.2. The fourth-order valence-electron chi connectivity index (χ4n) is 4.94. The molecule has 0 radical (unpaired) electrons. The van der Waals surface area contributed by atoms with Crippen LogP contribution in [-0.4, -0.2) is 56.3 Å². The van der Waals surface area contributed by atoms with Crippen molar-refractivity contribution in [1.82, 2.24) is 30.1 Å². The number of para-hydroxylation sites is 1. The molecule has 1 aliphatic heterocycles. The number of tetrazole rings is 1. The van der Waals surface area contributed by atoms with Gasteiger partial charge in [0.05, 0.1) is 11.1 Å². The summed E-state index contributed by atoms with van der Waals surface area (Å²) in [5.41, 5.74) is 3.05. The van der Waals surface area contributed by atoms with E-state index in [2.05, 4.69) is 51.1 Å². The molecule has 1 atom stereocenters. The zero-order valence-corrected chi connectivity index (χ0v) is 21.2. The third-order valence-electron chi connectivity index (χ3n) is 7.46. The average Bonchev–Trinajstić information content (AvgIpc) is 3.37. The Morgan fingerprint density at radius 2 is 1.81 bits per heavy atom. The molecule has 3 heterocycles. The molecule has 1 N–H and O–H groups in total. The lowest BCUT2D eigenvalue weighted by molar-refractivity contribution is 0.186. The van der Waals surface area contributed by atoms with E-state index in [1.807, 2.05) is 48.0 Å². The molecular weight excluding hydrogens is 457 g/mol. The van der Waals surface area contributed by atoms with E-state index < -0.39 is 6.04 Å². The molecule has 0 bridgehead atoms. The van der Waals surface area contributed by atoms with Gasteiger partial charge in [-0.05, 0) is 78.9 Å². The third kappa shape index (κ3) is 4.39. The molecule has 8 nitrogen and oxygen atoms in total. The van der Waals surface area contributed by atoms with Gasteiger partial charge in [0.25, 0.3) is 5.56 Å². The molecule has 1 aliphatic rings. The minimum absolute atomic E-state index is 0.133. The van der Waals surface area contributed by atoms with E-state index in [1.165, 1.54) is 12.1 Å². The van der Waals surface area contributed by atoms with Crippen molar-refractivity contribution in [3.05, 3.63) is 81.7 Å². The number of hydrogen-bond acceptors (Lipinski definition) is 6. The van der Waals surface area contributed by atoms with Gasteiger partial charge in [-0.3, -0.25) is 9.69 Å². The summed E-state index contributed by atoms with van der Waals surface area (Å²) in [7, 11) is 0. The maximum atomic E-state index is 13.5. The van der Waals surface area contributed by atoms with E-state index in [9.17, 15) is 9.18 Å². The minimum atomic E-state index is -0.408. The van der Waals surface area contributed by atoms with Gasteiger partial charge in [-0.2, -0.15) is 0 Å². The molecule has 5 rings (SSSR count). The highest BCUT2D eigenvalue weighted by atomic mass is 19.1. The number of hydrogen-bond donors (Lipinski definition) is 1. The number of anilines is 1. The number of halogens is 1.